The summed E-state index contributed by atoms with van der Waals surface area (Å²) in [5.41, 5.74) is 2.12. The number of carboxylic acids is 1. The van der Waals surface area contributed by atoms with E-state index in [1.54, 1.807) is 24.3 Å². The molecule has 172 valence electrons. The number of ether oxygens (including phenoxy) is 1. The van der Waals surface area contributed by atoms with Gasteiger partial charge in [0.05, 0.1) is 17.2 Å². The monoisotopic (exact) mass is 438 g/mol. The fourth-order valence-electron chi connectivity index (χ4n) is 4.06. The maximum absolute atomic E-state index is 12.7. The van der Waals surface area contributed by atoms with Crippen LogP contribution in [0.3, 0.4) is 0 Å². The Morgan fingerprint density at radius 2 is 1.69 bits per heavy atom. The molecule has 0 aromatic heterocycles. The number of nitrogens with one attached hydrogen (secondary N) is 2. The Hall–Kier alpha value is -3.02. The highest BCUT2D eigenvalue weighted by Crippen LogP contribution is 2.26. The molecule has 1 fully saturated rings. The van der Waals surface area contributed by atoms with E-state index in [0.717, 1.165) is 31.2 Å². The van der Waals surface area contributed by atoms with E-state index in [1.807, 2.05) is 19.9 Å². The van der Waals surface area contributed by atoms with Crippen molar-refractivity contribution in [2.24, 2.45) is 0 Å². The molecular formula is C26H34N2O4. The van der Waals surface area contributed by atoms with Crippen LogP contribution in [0.2, 0.25) is 0 Å². The molecule has 0 unspecified atom stereocenters. The number of carbonyl (C=O) groups is 2. The normalized spacial score (nSPS) is 18.8. The molecule has 1 saturated carbocycles. The minimum absolute atomic E-state index is 0.0713. The molecule has 2 amide bonds. The lowest BCUT2D eigenvalue weighted by molar-refractivity contribution is 0.0696. The van der Waals surface area contributed by atoms with Gasteiger partial charge in [-0.2, -0.15) is 0 Å². The topological polar surface area (TPSA) is 87.7 Å². The third-order valence-electron chi connectivity index (χ3n) is 6.11. The second-order valence-corrected chi connectivity index (χ2v) is 9.42. The highest BCUT2D eigenvalue weighted by atomic mass is 16.5. The first-order valence-corrected chi connectivity index (χ1v) is 11.3. The highest BCUT2D eigenvalue weighted by Gasteiger charge is 2.27. The predicted molar refractivity (Wildman–Crippen MR) is 125 cm³/mol. The van der Waals surface area contributed by atoms with E-state index in [0.29, 0.717) is 11.7 Å². The van der Waals surface area contributed by atoms with E-state index in [1.165, 1.54) is 5.56 Å². The van der Waals surface area contributed by atoms with Crippen molar-refractivity contribution in [2.75, 3.05) is 0 Å². The molecule has 2 aromatic rings. The number of urea groups is 1. The Balaban J connectivity index is 1.47. The lowest BCUT2D eigenvalue weighted by Gasteiger charge is -2.32. The average Bonchev–Trinajstić information content (AvgIpc) is 2.75. The summed E-state index contributed by atoms with van der Waals surface area (Å²) in [4.78, 5) is 23.6. The number of carboxylic acid groups (broad SMARTS) is 1. The van der Waals surface area contributed by atoms with Gasteiger partial charge in [0, 0.05) is 6.04 Å². The Morgan fingerprint density at radius 3 is 2.28 bits per heavy atom. The minimum atomic E-state index is -0.947. The lowest BCUT2D eigenvalue weighted by atomic mass is 9.90. The van der Waals surface area contributed by atoms with Crippen LogP contribution in [0, 0.1) is 0 Å². The number of amides is 2. The maximum Gasteiger partial charge on any atom is 0.335 e. The van der Waals surface area contributed by atoms with Crippen molar-refractivity contribution in [3.05, 3.63) is 65.2 Å². The minimum Gasteiger partial charge on any atom is -0.490 e. The van der Waals surface area contributed by atoms with E-state index < -0.39 is 11.5 Å². The fraction of sp³-hybridized carbons (Fsp3) is 0.462. The molecule has 0 spiro atoms. The summed E-state index contributed by atoms with van der Waals surface area (Å²) in [7, 11) is 0. The van der Waals surface area contributed by atoms with Crippen LogP contribution >= 0.6 is 0 Å². The molecular weight excluding hydrogens is 404 g/mol. The first-order chi connectivity index (χ1) is 15.1. The van der Waals surface area contributed by atoms with Crippen LogP contribution in [-0.4, -0.2) is 29.3 Å². The molecule has 3 N–H and O–H groups in total. The molecule has 32 heavy (non-hydrogen) atoms. The highest BCUT2D eigenvalue weighted by molar-refractivity contribution is 5.87. The number of hydrogen-bond acceptors (Lipinski definition) is 3. The summed E-state index contributed by atoms with van der Waals surface area (Å²) in [5.74, 6) is 0.166. The smallest absolute Gasteiger partial charge is 0.335 e. The van der Waals surface area contributed by atoms with Crippen molar-refractivity contribution >= 4 is 12.0 Å². The lowest BCUT2D eigenvalue weighted by Crippen LogP contribution is -2.50. The van der Waals surface area contributed by atoms with Gasteiger partial charge in [-0.25, -0.2) is 9.59 Å². The van der Waals surface area contributed by atoms with Crippen LogP contribution < -0.4 is 15.4 Å². The average molecular weight is 439 g/mol. The van der Waals surface area contributed by atoms with Gasteiger partial charge in [-0.15, -0.1) is 0 Å². The summed E-state index contributed by atoms with van der Waals surface area (Å²) in [5, 5.41) is 15.2. The van der Waals surface area contributed by atoms with Gasteiger partial charge in [-0.3, -0.25) is 0 Å². The van der Waals surface area contributed by atoms with Crippen molar-refractivity contribution in [2.45, 2.75) is 77.0 Å². The second-order valence-electron chi connectivity index (χ2n) is 9.42. The Morgan fingerprint density at radius 1 is 1.03 bits per heavy atom. The second kappa shape index (κ2) is 10.1. The SMILES string of the molecule is CC(C)c1cccc(C(C)(C)NC(=O)NC2CCC(Oc3ccc(C(=O)O)cc3)CC2)c1. The zero-order chi connectivity index (χ0) is 23.3. The van der Waals surface area contributed by atoms with E-state index >= 15 is 0 Å². The van der Waals surface area contributed by atoms with E-state index in [9.17, 15) is 9.59 Å². The van der Waals surface area contributed by atoms with Crippen molar-refractivity contribution in [1.82, 2.24) is 10.6 Å². The quantitative estimate of drug-likeness (QED) is 0.538. The van der Waals surface area contributed by atoms with Crippen molar-refractivity contribution in [3.63, 3.8) is 0 Å². The van der Waals surface area contributed by atoms with Crippen LogP contribution in [0.5, 0.6) is 5.75 Å². The van der Waals surface area contributed by atoms with Gasteiger partial charge < -0.3 is 20.5 Å². The van der Waals surface area contributed by atoms with Crippen LogP contribution in [-0.2, 0) is 5.54 Å². The molecule has 3 rings (SSSR count). The zero-order valence-corrected chi connectivity index (χ0v) is 19.4. The molecule has 1 aliphatic carbocycles. The van der Waals surface area contributed by atoms with Gasteiger partial charge in [-0.05, 0) is 80.8 Å². The number of benzene rings is 2. The van der Waals surface area contributed by atoms with Crippen LogP contribution in [0.4, 0.5) is 4.79 Å². The molecule has 0 radical (unpaired) electrons. The third-order valence-corrected chi connectivity index (χ3v) is 6.11. The maximum atomic E-state index is 12.7. The van der Waals surface area contributed by atoms with E-state index in [4.69, 9.17) is 9.84 Å². The standard InChI is InChI=1S/C26H34N2O4/c1-17(2)19-6-5-7-20(16-19)26(3,4)28-25(31)27-21-10-14-23(15-11-21)32-22-12-8-18(9-13-22)24(29)30/h5-9,12-13,16-17,21,23H,10-11,14-15H2,1-4H3,(H,29,30)(H2,27,28,31). The molecule has 2 aromatic carbocycles. The Kier molecular flexibility index (Phi) is 7.44. The largest absolute Gasteiger partial charge is 0.490 e. The number of hydrogen-bond donors (Lipinski definition) is 3. The van der Waals surface area contributed by atoms with Gasteiger partial charge in [0.2, 0.25) is 0 Å². The van der Waals surface area contributed by atoms with Crippen LogP contribution in [0.15, 0.2) is 48.5 Å². The zero-order valence-electron chi connectivity index (χ0n) is 19.4. The van der Waals surface area contributed by atoms with Gasteiger partial charge in [-0.1, -0.05) is 38.1 Å². The third kappa shape index (κ3) is 6.25. The summed E-state index contributed by atoms with van der Waals surface area (Å²) in [6, 6.07) is 14.8. The Bertz CT molecular complexity index is 929. The Labute approximate surface area is 190 Å². The van der Waals surface area contributed by atoms with Gasteiger partial charge in [0.15, 0.2) is 0 Å². The molecule has 0 heterocycles. The molecule has 0 aliphatic heterocycles. The summed E-state index contributed by atoms with van der Waals surface area (Å²) < 4.78 is 5.99. The molecule has 6 nitrogen and oxygen atoms in total. The first-order valence-electron chi connectivity index (χ1n) is 11.3. The van der Waals surface area contributed by atoms with Crippen molar-refractivity contribution < 1.29 is 19.4 Å². The summed E-state index contributed by atoms with van der Waals surface area (Å²) >= 11 is 0. The fourth-order valence-corrected chi connectivity index (χ4v) is 4.06. The molecule has 0 atom stereocenters. The first kappa shape index (κ1) is 23.6. The summed E-state index contributed by atoms with van der Waals surface area (Å²) in [6.45, 7) is 8.37. The van der Waals surface area contributed by atoms with Crippen molar-refractivity contribution in [1.29, 1.82) is 0 Å². The van der Waals surface area contributed by atoms with Gasteiger partial charge in [0.25, 0.3) is 0 Å². The van der Waals surface area contributed by atoms with Crippen molar-refractivity contribution in [3.8, 4) is 5.75 Å². The van der Waals surface area contributed by atoms with Gasteiger partial charge in [0.1, 0.15) is 5.75 Å². The van der Waals surface area contributed by atoms with E-state index in [-0.39, 0.29) is 23.7 Å². The van der Waals surface area contributed by atoms with Crippen LogP contribution in [0.25, 0.3) is 0 Å². The van der Waals surface area contributed by atoms with E-state index in [2.05, 4.69) is 42.7 Å². The molecule has 0 bridgehead atoms. The molecule has 0 saturated heterocycles. The summed E-state index contributed by atoms with van der Waals surface area (Å²) in [6.07, 6.45) is 3.43. The molecule has 6 heteroatoms. The number of carbonyl (C=O) groups excluding carboxylic acids is 1. The predicted octanol–water partition coefficient (Wildman–Crippen LogP) is 5.43. The molecule has 1 aliphatic rings. The van der Waals surface area contributed by atoms with Gasteiger partial charge >= 0.3 is 12.0 Å². The number of rotatable bonds is 7. The number of aromatic carboxylic acids is 1. The van der Waals surface area contributed by atoms with Crippen LogP contribution in [0.1, 0.15) is 80.8 Å².